The summed E-state index contributed by atoms with van der Waals surface area (Å²) in [5, 5.41) is 2.23. The minimum absolute atomic E-state index is 0.000670. The van der Waals surface area contributed by atoms with Crippen LogP contribution >= 0.6 is 18.0 Å². The second kappa shape index (κ2) is 7.45. The first-order chi connectivity index (χ1) is 9.65. The van der Waals surface area contributed by atoms with Gasteiger partial charge < -0.3 is 0 Å². The molecule has 1 unspecified atom stereocenters. The predicted octanol–water partition coefficient (Wildman–Crippen LogP) is 2.60. The van der Waals surface area contributed by atoms with Crippen LogP contribution < -0.4 is 9.58 Å². The summed E-state index contributed by atoms with van der Waals surface area (Å²) in [5.41, 5.74) is 0. The topological polar surface area (TPSA) is 92.3 Å². The maximum atomic E-state index is 12.7. The average Bonchev–Trinajstić information content (AvgIpc) is 2.36. The van der Waals surface area contributed by atoms with Gasteiger partial charge >= 0.3 is 6.65 Å². The first-order valence-corrected chi connectivity index (χ1v) is 11.1. The van der Waals surface area contributed by atoms with E-state index in [1.54, 1.807) is 18.2 Å². The molecule has 0 spiro atoms. The van der Waals surface area contributed by atoms with Crippen LogP contribution in [0.15, 0.2) is 35.2 Å². The number of rotatable bonds is 7. The Morgan fingerprint density at radius 2 is 1.86 bits per heavy atom. The molecule has 1 aromatic rings. The number of carbonyl (C=O) groups is 1. The highest BCUT2D eigenvalue weighted by atomic mass is 32.7. The molecule has 0 bridgehead atoms. The normalized spacial score (nSPS) is 14.7. The predicted molar refractivity (Wildman–Crippen MR) is 85.5 cm³/mol. The molecule has 0 aliphatic carbocycles. The molecule has 0 saturated carbocycles. The molecule has 0 aliphatic rings. The fraction of sp³-hybridized carbons (Fsp3) is 0.417. The lowest BCUT2D eigenvalue weighted by atomic mass is 10.3. The molecule has 9 heteroatoms. The molecule has 0 fully saturated rings. The van der Waals surface area contributed by atoms with Crippen molar-refractivity contribution in [2.24, 2.45) is 5.92 Å². The largest absolute Gasteiger partial charge is 0.305 e. The highest BCUT2D eigenvalue weighted by Crippen LogP contribution is 2.52. The molecule has 1 aromatic carbocycles. The van der Waals surface area contributed by atoms with Crippen molar-refractivity contribution in [1.82, 2.24) is 9.58 Å². The number of amides is 1. The Morgan fingerprint density at radius 1 is 1.29 bits per heavy atom. The van der Waals surface area contributed by atoms with Crippen molar-refractivity contribution >= 4 is 34.0 Å². The summed E-state index contributed by atoms with van der Waals surface area (Å²) >= 11 is 0.915. The highest BCUT2D eigenvalue weighted by Gasteiger charge is 2.31. The van der Waals surface area contributed by atoms with E-state index in [1.165, 1.54) is 19.1 Å². The summed E-state index contributed by atoms with van der Waals surface area (Å²) in [5.74, 6) is 0.109. The zero-order chi connectivity index (χ0) is 16.1. The fourth-order valence-electron chi connectivity index (χ4n) is 1.35. The second-order valence-corrected chi connectivity index (χ2v) is 11.3. The quantitative estimate of drug-likeness (QED) is 0.738. The minimum Gasteiger partial charge on any atom is -0.287 e. The highest BCUT2D eigenvalue weighted by molar-refractivity contribution is 8.58. The molecule has 0 saturated heterocycles. The minimum atomic E-state index is -3.96. The van der Waals surface area contributed by atoms with Gasteiger partial charge in [-0.25, -0.2) is 8.42 Å². The van der Waals surface area contributed by atoms with Crippen LogP contribution in [-0.4, -0.2) is 20.1 Å². The molecule has 118 valence electrons. The van der Waals surface area contributed by atoms with Crippen molar-refractivity contribution in [1.29, 1.82) is 0 Å². The van der Waals surface area contributed by atoms with Gasteiger partial charge in [-0.15, -0.1) is 4.49 Å². The Bertz CT molecular complexity index is 632. The number of hydrogen-bond acceptors (Lipinski definition) is 5. The van der Waals surface area contributed by atoms with E-state index in [4.69, 9.17) is 0 Å². The maximum Gasteiger partial charge on any atom is 0.305 e. The van der Waals surface area contributed by atoms with Gasteiger partial charge in [0, 0.05) is 12.7 Å². The molecule has 1 atom stereocenters. The Labute approximate surface area is 129 Å². The zero-order valence-electron chi connectivity index (χ0n) is 12.1. The van der Waals surface area contributed by atoms with Gasteiger partial charge in [-0.1, -0.05) is 43.4 Å². The van der Waals surface area contributed by atoms with Crippen molar-refractivity contribution < 1.29 is 17.8 Å². The molecule has 0 aliphatic heterocycles. The number of hydrogen-bond donors (Lipinski definition) is 2. The number of sulfonamides is 1. The first-order valence-electron chi connectivity index (χ1n) is 6.27. The van der Waals surface area contributed by atoms with Crippen LogP contribution in [0.5, 0.6) is 0 Å². The Hall–Kier alpha value is -0.820. The van der Waals surface area contributed by atoms with Gasteiger partial charge in [0.1, 0.15) is 0 Å². The molecule has 1 amide bonds. The van der Waals surface area contributed by atoms with Gasteiger partial charge in [0.2, 0.25) is 15.9 Å². The molecule has 2 N–H and O–H groups in total. The maximum absolute atomic E-state index is 12.7. The lowest BCUT2D eigenvalue weighted by Gasteiger charge is -2.20. The van der Waals surface area contributed by atoms with Crippen molar-refractivity contribution in [3.63, 3.8) is 0 Å². The fourth-order valence-corrected chi connectivity index (χ4v) is 8.40. The summed E-state index contributed by atoms with van der Waals surface area (Å²) in [6.45, 7) is 1.38. The molecule has 21 heavy (non-hydrogen) atoms. The summed E-state index contributed by atoms with van der Waals surface area (Å²) in [6, 6.07) is 7.61. The second-order valence-electron chi connectivity index (χ2n) is 4.82. The standard InChI is InChI=1S/C12H19N2O4PS2/c1-10(2)9-20-19(16,13-11(3)15)14-21(17,18)12-7-5-4-6-8-12/h4-8,10H,9H2,1-3H3,(H2,13,14,15,16). The third-order valence-electron chi connectivity index (χ3n) is 2.19. The number of benzene rings is 1. The summed E-state index contributed by atoms with van der Waals surface area (Å²) in [6.07, 6.45) is 0. The monoisotopic (exact) mass is 350 g/mol. The number of carbonyl (C=O) groups excluding carboxylic acids is 1. The van der Waals surface area contributed by atoms with Crippen molar-refractivity contribution in [2.75, 3.05) is 5.75 Å². The number of nitrogens with one attached hydrogen (secondary N) is 2. The molecule has 1 rings (SSSR count). The summed E-state index contributed by atoms with van der Waals surface area (Å²) in [7, 11) is -3.96. The molecule has 6 nitrogen and oxygen atoms in total. The molecule has 0 heterocycles. The van der Waals surface area contributed by atoms with E-state index in [-0.39, 0.29) is 10.8 Å². The average molecular weight is 350 g/mol. The van der Waals surface area contributed by atoms with Crippen LogP contribution in [0.4, 0.5) is 0 Å². The van der Waals surface area contributed by atoms with E-state index >= 15 is 0 Å². The lowest BCUT2D eigenvalue weighted by molar-refractivity contribution is -0.117. The molecule has 0 aromatic heterocycles. The van der Waals surface area contributed by atoms with Crippen molar-refractivity contribution in [3.8, 4) is 0 Å². The third kappa shape index (κ3) is 6.22. The van der Waals surface area contributed by atoms with E-state index in [2.05, 4.69) is 9.58 Å². The zero-order valence-corrected chi connectivity index (χ0v) is 14.6. The van der Waals surface area contributed by atoms with Crippen LogP contribution in [0.1, 0.15) is 20.8 Å². The Morgan fingerprint density at radius 3 is 2.33 bits per heavy atom. The molecular formula is C12H19N2O4PS2. The Kier molecular flexibility index (Phi) is 6.46. The van der Waals surface area contributed by atoms with Gasteiger partial charge in [0.25, 0.3) is 0 Å². The SMILES string of the molecule is CC(=O)NP(=O)(NS(=O)(=O)c1ccccc1)SCC(C)C. The van der Waals surface area contributed by atoms with Gasteiger partial charge in [-0.2, -0.15) is 0 Å². The lowest BCUT2D eigenvalue weighted by Crippen LogP contribution is -2.29. The van der Waals surface area contributed by atoms with E-state index < -0.39 is 22.6 Å². The summed E-state index contributed by atoms with van der Waals surface area (Å²) in [4.78, 5) is 11.2. The molecule has 0 radical (unpaired) electrons. The van der Waals surface area contributed by atoms with E-state index in [1.807, 2.05) is 13.8 Å². The van der Waals surface area contributed by atoms with Crippen molar-refractivity contribution in [3.05, 3.63) is 30.3 Å². The van der Waals surface area contributed by atoms with E-state index in [0.717, 1.165) is 11.4 Å². The van der Waals surface area contributed by atoms with Gasteiger partial charge in [-0.3, -0.25) is 14.4 Å². The van der Waals surface area contributed by atoms with Gasteiger partial charge in [-0.05, 0) is 18.1 Å². The van der Waals surface area contributed by atoms with Crippen LogP contribution in [0.3, 0.4) is 0 Å². The molecular weight excluding hydrogens is 331 g/mol. The van der Waals surface area contributed by atoms with Gasteiger partial charge in [0.15, 0.2) is 0 Å². The van der Waals surface area contributed by atoms with Crippen LogP contribution in [0.2, 0.25) is 0 Å². The smallest absolute Gasteiger partial charge is 0.287 e. The van der Waals surface area contributed by atoms with Crippen LogP contribution in [0.25, 0.3) is 0 Å². The van der Waals surface area contributed by atoms with Crippen LogP contribution in [0, 0.1) is 5.92 Å². The Balaban J connectivity index is 3.00. The van der Waals surface area contributed by atoms with E-state index in [0.29, 0.717) is 5.75 Å². The van der Waals surface area contributed by atoms with E-state index in [9.17, 15) is 17.8 Å². The van der Waals surface area contributed by atoms with Crippen LogP contribution in [-0.2, 0) is 19.4 Å². The third-order valence-corrected chi connectivity index (χ3v) is 9.28. The summed E-state index contributed by atoms with van der Waals surface area (Å²) < 4.78 is 39.2. The first kappa shape index (κ1) is 18.2. The van der Waals surface area contributed by atoms with Crippen molar-refractivity contribution in [2.45, 2.75) is 25.7 Å². The van der Waals surface area contributed by atoms with Gasteiger partial charge in [0.05, 0.1) is 4.90 Å².